The van der Waals surface area contributed by atoms with E-state index in [4.69, 9.17) is 9.15 Å². The molecule has 0 unspecified atom stereocenters. The largest absolute Gasteiger partial charge is 0.456 e. The molecule has 0 spiro atoms. The summed E-state index contributed by atoms with van der Waals surface area (Å²) in [7, 11) is -2.27. The van der Waals surface area contributed by atoms with Crippen molar-refractivity contribution in [2.75, 3.05) is 11.4 Å². The number of nitrogens with zero attached hydrogens (tertiary/aromatic N) is 1. The van der Waals surface area contributed by atoms with Gasteiger partial charge in [0.05, 0.1) is 16.1 Å². The van der Waals surface area contributed by atoms with Gasteiger partial charge in [-0.25, -0.2) is 13.2 Å². The first-order chi connectivity index (χ1) is 15.9. The van der Waals surface area contributed by atoms with Gasteiger partial charge in [-0.15, -0.1) is 0 Å². The van der Waals surface area contributed by atoms with Crippen molar-refractivity contribution >= 4 is 43.6 Å². The Morgan fingerprint density at radius 2 is 1.45 bits per heavy atom. The summed E-state index contributed by atoms with van der Waals surface area (Å²) in [6, 6.07) is 27.3. The number of esters is 1. The molecule has 6 nitrogen and oxygen atoms in total. The van der Waals surface area contributed by atoms with Crippen LogP contribution in [0.25, 0.3) is 21.9 Å². The zero-order valence-electron chi connectivity index (χ0n) is 17.6. The fraction of sp³-hybridized carbons (Fsp3) is 0.0385. The van der Waals surface area contributed by atoms with Gasteiger partial charge in [0, 0.05) is 17.8 Å². The minimum Gasteiger partial charge on any atom is -0.456 e. The maximum absolute atomic E-state index is 12.9. The highest BCUT2D eigenvalue weighted by atomic mass is 32.2. The summed E-state index contributed by atoms with van der Waals surface area (Å²) in [5, 5.41) is 1.78. The Hall–Kier alpha value is -4.10. The molecule has 0 N–H and O–H groups in total. The number of rotatable bonds is 5. The number of carbonyl (C=O) groups is 1. The Labute approximate surface area is 190 Å². The molecule has 0 radical (unpaired) electrons. The van der Waals surface area contributed by atoms with Gasteiger partial charge in [0.1, 0.15) is 16.9 Å². The number of hydrogen-bond donors (Lipinski definition) is 0. The van der Waals surface area contributed by atoms with Gasteiger partial charge in [0.25, 0.3) is 10.0 Å². The van der Waals surface area contributed by atoms with E-state index in [1.807, 2.05) is 30.3 Å². The van der Waals surface area contributed by atoms with Crippen molar-refractivity contribution < 1.29 is 22.4 Å². The highest BCUT2D eigenvalue weighted by Gasteiger charge is 2.22. The molecule has 7 heteroatoms. The maximum atomic E-state index is 12.9. The first-order valence-corrected chi connectivity index (χ1v) is 11.6. The van der Waals surface area contributed by atoms with Crippen molar-refractivity contribution in [2.45, 2.75) is 4.90 Å². The van der Waals surface area contributed by atoms with Crippen LogP contribution in [0.3, 0.4) is 0 Å². The van der Waals surface area contributed by atoms with Gasteiger partial charge >= 0.3 is 5.97 Å². The van der Waals surface area contributed by atoms with Crippen LogP contribution in [0.15, 0.2) is 106 Å². The molecule has 0 saturated heterocycles. The normalized spacial score (nSPS) is 11.5. The van der Waals surface area contributed by atoms with Gasteiger partial charge in [-0.05, 0) is 60.7 Å². The highest BCUT2D eigenvalue weighted by Crippen LogP contribution is 2.31. The summed E-state index contributed by atoms with van der Waals surface area (Å²) in [6.45, 7) is 0. The van der Waals surface area contributed by atoms with Crippen LogP contribution in [0.4, 0.5) is 5.69 Å². The molecule has 0 saturated carbocycles. The van der Waals surface area contributed by atoms with Crippen LogP contribution in [0, 0.1) is 0 Å². The number of fused-ring (bicyclic) bond motifs is 3. The molecule has 0 atom stereocenters. The van der Waals surface area contributed by atoms with Crippen LogP contribution in [0.2, 0.25) is 0 Å². The Morgan fingerprint density at radius 3 is 2.21 bits per heavy atom. The SMILES string of the molecule is CN(c1ccccc1)S(=O)(=O)c1ccc(C(=O)Oc2ccc3oc4ccccc4c3c2)cc1. The lowest BCUT2D eigenvalue weighted by Crippen LogP contribution is -2.26. The topological polar surface area (TPSA) is 76.8 Å². The molecule has 5 aromatic rings. The molecule has 164 valence electrons. The molecule has 4 aromatic carbocycles. The van der Waals surface area contributed by atoms with Crippen LogP contribution >= 0.6 is 0 Å². The van der Waals surface area contributed by atoms with E-state index in [0.717, 1.165) is 16.4 Å². The summed E-state index contributed by atoms with van der Waals surface area (Å²) in [5.74, 6) is -0.206. The fourth-order valence-electron chi connectivity index (χ4n) is 3.63. The summed E-state index contributed by atoms with van der Waals surface area (Å²) in [4.78, 5) is 12.7. The third-order valence-electron chi connectivity index (χ3n) is 5.43. The minimum absolute atomic E-state index is 0.0803. The van der Waals surface area contributed by atoms with Crippen LogP contribution in [0.1, 0.15) is 10.4 Å². The Kier molecular flexibility index (Phi) is 5.11. The molecule has 0 aliphatic carbocycles. The van der Waals surface area contributed by atoms with Crippen molar-refractivity contribution in [1.29, 1.82) is 0 Å². The number of ether oxygens (including phenoxy) is 1. The van der Waals surface area contributed by atoms with Gasteiger partial charge < -0.3 is 9.15 Å². The molecule has 33 heavy (non-hydrogen) atoms. The molecular formula is C26H19NO5S. The number of benzene rings is 4. The van der Waals surface area contributed by atoms with E-state index in [2.05, 4.69) is 0 Å². The Morgan fingerprint density at radius 1 is 0.788 bits per heavy atom. The van der Waals surface area contributed by atoms with Gasteiger partial charge in [-0.1, -0.05) is 36.4 Å². The lowest BCUT2D eigenvalue weighted by Gasteiger charge is -2.19. The number of hydrogen-bond acceptors (Lipinski definition) is 5. The Bertz CT molecular complexity index is 1570. The van der Waals surface area contributed by atoms with Crippen molar-refractivity contribution in [1.82, 2.24) is 0 Å². The first-order valence-electron chi connectivity index (χ1n) is 10.2. The molecule has 5 rings (SSSR count). The van der Waals surface area contributed by atoms with Crippen LogP contribution in [-0.2, 0) is 10.0 Å². The van der Waals surface area contributed by atoms with Crippen LogP contribution in [0.5, 0.6) is 5.75 Å². The van der Waals surface area contributed by atoms with Crippen molar-refractivity contribution in [3.8, 4) is 5.75 Å². The average Bonchev–Trinajstić information content (AvgIpc) is 3.22. The first kappa shape index (κ1) is 20.8. The van der Waals surface area contributed by atoms with Gasteiger partial charge in [0.2, 0.25) is 0 Å². The lowest BCUT2D eigenvalue weighted by atomic mass is 10.1. The van der Waals surface area contributed by atoms with E-state index in [1.165, 1.54) is 35.6 Å². The molecule has 0 bridgehead atoms. The molecule has 0 amide bonds. The van der Waals surface area contributed by atoms with E-state index in [-0.39, 0.29) is 10.5 Å². The lowest BCUT2D eigenvalue weighted by molar-refractivity contribution is 0.0735. The monoisotopic (exact) mass is 457 g/mol. The summed E-state index contributed by atoms with van der Waals surface area (Å²) in [5.41, 5.74) is 2.25. The van der Waals surface area contributed by atoms with E-state index in [1.54, 1.807) is 42.5 Å². The van der Waals surface area contributed by atoms with E-state index in [0.29, 0.717) is 17.0 Å². The molecule has 1 heterocycles. The predicted octanol–water partition coefficient (Wildman–Crippen LogP) is 5.63. The molecule has 0 fully saturated rings. The zero-order valence-corrected chi connectivity index (χ0v) is 18.5. The van der Waals surface area contributed by atoms with Crippen molar-refractivity contribution in [3.05, 3.63) is 103 Å². The summed E-state index contributed by atoms with van der Waals surface area (Å²) >= 11 is 0. The van der Waals surface area contributed by atoms with Crippen molar-refractivity contribution in [3.63, 3.8) is 0 Å². The van der Waals surface area contributed by atoms with E-state index < -0.39 is 16.0 Å². The molecule has 0 aliphatic heterocycles. The second-order valence-corrected chi connectivity index (χ2v) is 9.45. The number of para-hydroxylation sites is 2. The van der Waals surface area contributed by atoms with Crippen LogP contribution < -0.4 is 9.04 Å². The molecule has 0 aliphatic rings. The molecule has 1 aromatic heterocycles. The smallest absolute Gasteiger partial charge is 0.343 e. The second kappa shape index (κ2) is 8.11. The zero-order chi connectivity index (χ0) is 23.0. The fourth-order valence-corrected chi connectivity index (χ4v) is 4.83. The van der Waals surface area contributed by atoms with E-state index in [9.17, 15) is 13.2 Å². The number of anilines is 1. The summed E-state index contributed by atoms with van der Waals surface area (Å²) < 4.78 is 38.3. The maximum Gasteiger partial charge on any atom is 0.343 e. The van der Waals surface area contributed by atoms with Crippen LogP contribution in [-0.4, -0.2) is 21.4 Å². The van der Waals surface area contributed by atoms with E-state index >= 15 is 0 Å². The third kappa shape index (κ3) is 3.83. The third-order valence-corrected chi connectivity index (χ3v) is 7.23. The molecular weight excluding hydrogens is 438 g/mol. The van der Waals surface area contributed by atoms with Gasteiger partial charge in [-0.3, -0.25) is 4.31 Å². The Balaban J connectivity index is 1.37. The van der Waals surface area contributed by atoms with Crippen molar-refractivity contribution in [2.24, 2.45) is 0 Å². The average molecular weight is 458 g/mol. The van der Waals surface area contributed by atoms with Gasteiger partial charge in [0.15, 0.2) is 0 Å². The highest BCUT2D eigenvalue weighted by molar-refractivity contribution is 7.92. The number of furan rings is 1. The summed E-state index contributed by atoms with van der Waals surface area (Å²) in [6.07, 6.45) is 0. The minimum atomic E-state index is -3.76. The number of carbonyl (C=O) groups excluding carboxylic acids is 1. The number of sulfonamides is 1. The quantitative estimate of drug-likeness (QED) is 0.252. The predicted molar refractivity (Wildman–Crippen MR) is 127 cm³/mol. The standard InChI is InChI=1S/C26H19NO5S/c1-27(19-7-3-2-4-8-19)33(29,30)21-14-11-18(12-15-21)26(28)31-20-13-16-25-23(17-20)22-9-5-6-10-24(22)32-25/h2-17H,1H3. The second-order valence-electron chi connectivity index (χ2n) is 7.48. The van der Waals surface area contributed by atoms with Gasteiger partial charge in [-0.2, -0.15) is 0 Å².